The molecule has 3 aliphatic heterocycles. The van der Waals surface area contributed by atoms with Gasteiger partial charge in [0.25, 0.3) is 5.91 Å². The summed E-state index contributed by atoms with van der Waals surface area (Å²) < 4.78 is 24.7. The second kappa shape index (κ2) is 8.26. The molecule has 34 heavy (non-hydrogen) atoms. The molecule has 1 N–H and O–H groups in total. The van der Waals surface area contributed by atoms with Gasteiger partial charge in [-0.1, -0.05) is 0 Å². The molecule has 0 spiro atoms. The Bertz CT molecular complexity index is 1210. The van der Waals surface area contributed by atoms with Crippen molar-refractivity contribution in [2.45, 2.75) is 24.3 Å². The van der Waals surface area contributed by atoms with E-state index in [1.807, 2.05) is 61.5 Å². The smallest absolute Gasteiger partial charge is 0.251 e. The van der Waals surface area contributed by atoms with E-state index in [0.29, 0.717) is 36.1 Å². The molecular formula is C23H24N6O5. The van der Waals surface area contributed by atoms with Crippen molar-refractivity contribution in [3.63, 3.8) is 0 Å². The third kappa shape index (κ3) is 3.53. The third-order valence-corrected chi connectivity index (χ3v) is 6.43. The molecule has 1 aromatic heterocycles. The molecule has 4 heterocycles. The van der Waals surface area contributed by atoms with Crippen molar-refractivity contribution < 1.29 is 23.7 Å². The van der Waals surface area contributed by atoms with E-state index in [2.05, 4.69) is 20.8 Å². The number of anilines is 1. The molecule has 176 valence electrons. The molecule has 2 fully saturated rings. The van der Waals surface area contributed by atoms with Crippen LogP contribution in [0, 0.1) is 0 Å². The van der Waals surface area contributed by atoms with Gasteiger partial charge in [-0.15, -0.1) is 5.10 Å². The summed E-state index contributed by atoms with van der Waals surface area (Å²) in [4.78, 5) is 14.8. The molecule has 0 unspecified atom stereocenters. The molecule has 11 nitrogen and oxygen atoms in total. The number of tetrazole rings is 1. The van der Waals surface area contributed by atoms with Crippen molar-refractivity contribution in [2.24, 2.45) is 0 Å². The van der Waals surface area contributed by atoms with Crippen molar-refractivity contribution >= 4 is 11.6 Å². The summed E-state index contributed by atoms with van der Waals surface area (Å²) in [6, 6.07) is 12.6. The van der Waals surface area contributed by atoms with Gasteiger partial charge in [0.2, 0.25) is 6.79 Å². The minimum Gasteiger partial charge on any atom is -0.454 e. The fourth-order valence-corrected chi connectivity index (χ4v) is 4.62. The lowest BCUT2D eigenvalue weighted by atomic mass is 10.1. The fraction of sp³-hybridized carbons (Fsp3) is 0.391. The molecule has 6 rings (SSSR count). The predicted molar refractivity (Wildman–Crippen MR) is 120 cm³/mol. The Morgan fingerprint density at radius 2 is 1.82 bits per heavy atom. The number of ether oxygens (including phenoxy) is 4. The normalized spacial score (nSPS) is 24.8. The zero-order valence-corrected chi connectivity index (χ0v) is 18.7. The summed E-state index contributed by atoms with van der Waals surface area (Å²) in [5, 5.41) is 15.4. The zero-order valence-electron chi connectivity index (χ0n) is 18.7. The Morgan fingerprint density at radius 1 is 1.03 bits per heavy atom. The van der Waals surface area contributed by atoms with E-state index in [1.54, 1.807) is 4.68 Å². The van der Waals surface area contributed by atoms with Crippen LogP contribution in [-0.2, 0) is 9.47 Å². The number of rotatable bonds is 5. The average molecular weight is 464 g/mol. The Kier molecular flexibility index (Phi) is 5.07. The summed E-state index contributed by atoms with van der Waals surface area (Å²) in [5.74, 6) is 1.78. The van der Waals surface area contributed by atoms with Crippen molar-refractivity contribution in [3.05, 3.63) is 48.0 Å². The molecule has 11 heteroatoms. The van der Waals surface area contributed by atoms with E-state index in [9.17, 15) is 4.79 Å². The number of nitrogens with zero attached hydrogens (tertiary/aromatic N) is 5. The summed E-state index contributed by atoms with van der Waals surface area (Å²) in [6.45, 7) is 0.932. The highest BCUT2D eigenvalue weighted by Crippen LogP contribution is 2.38. The number of amides is 1. The number of carbonyl (C=O) groups excluding carboxylic acids is 1. The molecule has 2 aromatic carbocycles. The summed E-state index contributed by atoms with van der Waals surface area (Å²) >= 11 is 0. The minimum absolute atomic E-state index is 0.157. The van der Waals surface area contributed by atoms with Gasteiger partial charge in [-0.2, -0.15) is 0 Å². The maximum atomic E-state index is 12.8. The van der Waals surface area contributed by atoms with Gasteiger partial charge in [0, 0.05) is 30.9 Å². The number of hydrogen-bond donors (Lipinski definition) is 1. The lowest BCUT2D eigenvalue weighted by Crippen LogP contribution is -2.44. The molecular weight excluding hydrogens is 440 g/mol. The largest absolute Gasteiger partial charge is 0.454 e. The number of carbonyl (C=O) groups is 1. The first-order valence-electron chi connectivity index (χ1n) is 11.1. The van der Waals surface area contributed by atoms with E-state index < -0.39 is 0 Å². The molecule has 0 radical (unpaired) electrons. The maximum Gasteiger partial charge on any atom is 0.251 e. The van der Waals surface area contributed by atoms with Crippen LogP contribution in [0.5, 0.6) is 11.5 Å². The second-order valence-electron chi connectivity index (χ2n) is 8.70. The molecule has 0 bridgehead atoms. The monoisotopic (exact) mass is 464 g/mol. The summed E-state index contributed by atoms with van der Waals surface area (Å²) in [5.41, 5.74) is 2.43. The highest BCUT2D eigenvalue weighted by Gasteiger charge is 2.50. The molecule has 0 aliphatic carbocycles. The predicted octanol–water partition coefficient (Wildman–Crippen LogP) is 1.27. The van der Waals surface area contributed by atoms with Crippen LogP contribution < -0.4 is 19.7 Å². The van der Waals surface area contributed by atoms with Crippen molar-refractivity contribution in [1.29, 1.82) is 0 Å². The Morgan fingerprint density at radius 3 is 2.65 bits per heavy atom. The lowest BCUT2D eigenvalue weighted by Gasteiger charge is -2.18. The SMILES string of the molecule is CN(C)c1ccc(C(=O)N[C@H]2CO[C@H]3[C@@H]2OC[C@@H]3n2nnnc2-c2ccc3c(c2)OCO3)cc1. The molecule has 2 saturated heterocycles. The van der Waals surface area contributed by atoms with Crippen LogP contribution >= 0.6 is 0 Å². The lowest BCUT2D eigenvalue weighted by molar-refractivity contribution is 0.0615. The van der Waals surface area contributed by atoms with E-state index in [0.717, 1.165) is 11.3 Å². The van der Waals surface area contributed by atoms with Crippen LogP contribution in [0.1, 0.15) is 16.4 Å². The first-order valence-corrected chi connectivity index (χ1v) is 11.1. The molecule has 3 aliphatic rings. The van der Waals surface area contributed by atoms with Crippen molar-refractivity contribution in [2.75, 3.05) is 39.0 Å². The second-order valence-corrected chi connectivity index (χ2v) is 8.70. The van der Waals surface area contributed by atoms with Gasteiger partial charge in [-0.25, -0.2) is 4.68 Å². The van der Waals surface area contributed by atoms with E-state index >= 15 is 0 Å². The van der Waals surface area contributed by atoms with Crippen LogP contribution in [-0.4, -0.2) is 78.5 Å². The number of hydrogen-bond acceptors (Lipinski definition) is 9. The van der Waals surface area contributed by atoms with E-state index in [1.165, 1.54) is 0 Å². The van der Waals surface area contributed by atoms with Crippen LogP contribution in [0.4, 0.5) is 5.69 Å². The highest BCUT2D eigenvalue weighted by molar-refractivity contribution is 5.94. The molecule has 3 aromatic rings. The number of aromatic nitrogens is 4. The summed E-state index contributed by atoms with van der Waals surface area (Å²) in [7, 11) is 3.92. The molecule has 1 amide bonds. The van der Waals surface area contributed by atoms with Gasteiger partial charge < -0.3 is 29.2 Å². The summed E-state index contributed by atoms with van der Waals surface area (Å²) in [6.07, 6.45) is -0.568. The third-order valence-electron chi connectivity index (χ3n) is 6.43. The highest BCUT2D eigenvalue weighted by atomic mass is 16.7. The quantitative estimate of drug-likeness (QED) is 0.596. The Labute approximate surface area is 195 Å². The van der Waals surface area contributed by atoms with Gasteiger partial charge in [0.1, 0.15) is 18.2 Å². The van der Waals surface area contributed by atoms with Gasteiger partial charge in [-0.3, -0.25) is 4.79 Å². The van der Waals surface area contributed by atoms with Crippen molar-refractivity contribution in [3.8, 4) is 22.9 Å². The van der Waals surface area contributed by atoms with Crippen LogP contribution in [0.25, 0.3) is 11.4 Å². The molecule has 0 saturated carbocycles. The van der Waals surface area contributed by atoms with Gasteiger partial charge in [0.05, 0.1) is 19.3 Å². The molecule has 4 atom stereocenters. The Balaban J connectivity index is 1.17. The van der Waals surface area contributed by atoms with Crippen LogP contribution in [0.3, 0.4) is 0 Å². The van der Waals surface area contributed by atoms with E-state index in [4.69, 9.17) is 18.9 Å². The fourth-order valence-electron chi connectivity index (χ4n) is 4.62. The average Bonchev–Trinajstić information content (AvgIpc) is 3.63. The minimum atomic E-state index is -0.288. The van der Waals surface area contributed by atoms with Crippen molar-refractivity contribution in [1.82, 2.24) is 25.5 Å². The first-order chi connectivity index (χ1) is 16.6. The topological polar surface area (TPSA) is 113 Å². The van der Waals surface area contributed by atoms with Gasteiger partial charge >= 0.3 is 0 Å². The number of nitrogens with one attached hydrogen (secondary N) is 1. The van der Waals surface area contributed by atoms with Gasteiger partial charge in [-0.05, 0) is 52.9 Å². The van der Waals surface area contributed by atoms with Crippen LogP contribution in [0.2, 0.25) is 0 Å². The van der Waals surface area contributed by atoms with Crippen LogP contribution in [0.15, 0.2) is 42.5 Å². The number of benzene rings is 2. The Hall–Kier alpha value is -3.70. The van der Waals surface area contributed by atoms with E-state index in [-0.39, 0.29) is 37.0 Å². The first kappa shape index (κ1) is 20.9. The standard InChI is InChI=1S/C23H24N6O5/c1-28(2)15-6-3-13(4-7-15)23(30)24-16-10-31-21-17(11-32-20(16)21)29-22(25-26-27-29)14-5-8-18-19(9-14)34-12-33-18/h3-9,16-17,20-21H,10-12H2,1-2H3,(H,24,30)/t16-,17-,20+,21+/m0/s1. The number of fused-ring (bicyclic) bond motifs is 2. The maximum absolute atomic E-state index is 12.8. The van der Waals surface area contributed by atoms with Gasteiger partial charge in [0.15, 0.2) is 17.3 Å². The zero-order chi connectivity index (χ0) is 23.2.